The van der Waals surface area contributed by atoms with Crippen molar-refractivity contribution in [3.05, 3.63) is 42.2 Å². The van der Waals surface area contributed by atoms with Crippen molar-refractivity contribution in [3.63, 3.8) is 0 Å². The Morgan fingerprint density at radius 2 is 2.00 bits per heavy atom. The number of carbonyl (C=O) groups excluding carboxylic acids is 1. The van der Waals surface area contributed by atoms with Gasteiger partial charge in [0.05, 0.1) is 16.9 Å². The molecule has 26 heavy (non-hydrogen) atoms. The van der Waals surface area contributed by atoms with E-state index in [9.17, 15) is 4.79 Å². The number of anilines is 1. The van der Waals surface area contributed by atoms with Crippen molar-refractivity contribution in [1.82, 2.24) is 19.8 Å². The lowest BCUT2D eigenvalue weighted by Gasteiger charge is -2.31. The van der Waals surface area contributed by atoms with Gasteiger partial charge in [0.25, 0.3) is 0 Å². The van der Waals surface area contributed by atoms with Crippen LogP contribution in [0.1, 0.15) is 0 Å². The Bertz CT molecular complexity index is 903. The minimum atomic E-state index is -0.0139. The zero-order valence-corrected chi connectivity index (χ0v) is 15.5. The van der Waals surface area contributed by atoms with Gasteiger partial charge in [0.2, 0.25) is 5.91 Å². The molecule has 1 fully saturated rings. The first-order valence-corrected chi connectivity index (χ1v) is 9.55. The third kappa shape index (κ3) is 3.90. The molecule has 4 rings (SSSR count). The zero-order chi connectivity index (χ0) is 17.9. The van der Waals surface area contributed by atoms with Gasteiger partial charge in [0.1, 0.15) is 5.82 Å². The molecule has 3 heterocycles. The quantitative estimate of drug-likeness (QED) is 0.768. The molecule has 1 amide bonds. The molecule has 0 radical (unpaired) electrons. The Labute approximate surface area is 156 Å². The number of amides is 1. The Morgan fingerprint density at radius 3 is 2.77 bits per heavy atom. The van der Waals surface area contributed by atoms with E-state index in [2.05, 4.69) is 44.3 Å². The van der Waals surface area contributed by atoms with Crippen LogP contribution >= 0.6 is 11.3 Å². The molecule has 0 saturated carbocycles. The summed E-state index contributed by atoms with van der Waals surface area (Å²) in [6, 6.07) is 8.17. The van der Waals surface area contributed by atoms with Crippen molar-refractivity contribution in [1.29, 1.82) is 0 Å². The van der Waals surface area contributed by atoms with Crippen molar-refractivity contribution < 1.29 is 4.79 Å². The fourth-order valence-corrected chi connectivity index (χ4v) is 3.73. The Balaban J connectivity index is 1.47. The maximum atomic E-state index is 12.3. The third-order valence-corrected chi connectivity index (χ3v) is 5.49. The summed E-state index contributed by atoms with van der Waals surface area (Å²) in [7, 11) is 2.11. The van der Waals surface area contributed by atoms with Gasteiger partial charge in [-0.25, -0.2) is 4.98 Å². The highest BCUT2D eigenvalue weighted by Gasteiger charge is 2.16. The summed E-state index contributed by atoms with van der Waals surface area (Å²) in [4.78, 5) is 26.4. The van der Waals surface area contributed by atoms with Crippen LogP contribution in [0, 0.1) is 0 Å². The maximum absolute atomic E-state index is 12.3. The molecule has 134 valence electrons. The topological polar surface area (TPSA) is 61.4 Å². The van der Waals surface area contributed by atoms with Crippen molar-refractivity contribution in [2.24, 2.45) is 0 Å². The van der Waals surface area contributed by atoms with E-state index in [4.69, 9.17) is 0 Å². The predicted octanol–water partition coefficient (Wildman–Crippen LogP) is 2.54. The van der Waals surface area contributed by atoms with Crippen LogP contribution in [0.4, 0.5) is 5.82 Å². The van der Waals surface area contributed by atoms with E-state index in [0.29, 0.717) is 12.4 Å². The second-order valence-corrected chi connectivity index (χ2v) is 7.51. The SMILES string of the molecule is CN1CCN(CC(=O)Nc2cc3cc(-c4cncs4)ccc3cn2)CC1. The van der Waals surface area contributed by atoms with E-state index >= 15 is 0 Å². The fourth-order valence-electron chi connectivity index (χ4n) is 3.11. The van der Waals surface area contributed by atoms with Crippen LogP contribution in [0.15, 0.2) is 42.2 Å². The van der Waals surface area contributed by atoms with Gasteiger partial charge < -0.3 is 10.2 Å². The average Bonchev–Trinajstić information content (AvgIpc) is 3.18. The van der Waals surface area contributed by atoms with Crippen LogP contribution < -0.4 is 5.32 Å². The van der Waals surface area contributed by atoms with Gasteiger partial charge in [-0.05, 0) is 30.1 Å². The standard InChI is InChI=1S/C19H21N5OS/c1-23-4-6-24(7-5-23)12-19(25)22-18-9-16-8-14(17-11-20-13-26-17)2-3-15(16)10-21-18/h2-3,8-11,13H,4-7,12H2,1H3,(H,21,22,25). The molecule has 0 bridgehead atoms. The summed E-state index contributed by atoms with van der Waals surface area (Å²) in [5.41, 5.74) is 2.96. The number of aromatic nitrogens is 2. The number of piperazine rings is 1. The molecule has 1 aromatic carbocycles. The maximum Gasteiger partial charge on any atom is 0.239 e. The smallest absolute Gasteiger partial charge is 0.239 e. The van der Waals surface area contributed by atoms with Gasteiger partial charge in [0.15, 0.2) is 0 Å². The van der Waals surface area contributed by atoms with Gasteiger partial charge in [0, 0.05) is 44.0 Å². The van der Waals surface area contributed by atoms with Gasteiger partial charge >= 0.3 is 0 Å². The van der Waals surface area contributed by atoms with Crippen molar-refractivity contribution in [3.8, 4) is 10.4 Å². The molecule has 1 aliphatic rings. The molecule has 2 aromatic heterocycles. The number of likely N-dealkylation sites (N-methyl/N-ethyl adjacent to an activating group) is 1. The molecule has 1 aliphatic heterocycles. The lowest BCUT2D eigenvalue weighted by Crippen LogP contribution is -2.47. The van der Waals surface area contributed by atoms with E-state index in [1.54, 1.807) is 17.5 Å². The first-order chi connectivity index (χ1) is 12.7. The minimum Gasteiger partial charge on any atom is -0.310 e. The molecular formula is C19H21N5OS. The molecule has 1 N–H and O–H groups in total. The second-order valence-electron chi connectivity index (χ2n) is 6.62. The predicted molar refractivity (Wildman–Crippen MR) is 105 cm³/mol. The molecule has 0 aliphatic carbocycles. The summed E-state index contributed by atoms with van der Waals surface area (Å²) in [5, 5.41) is 5.04. The molecule has 6 nitrogen and oxygen atoms in total. The third-order valence-electron chi connectivity index (χ3n) is 4.67. The first-order valence-electron chi connectivity index (χ1n) is 8.67. The molecular weight excluding hydrogens is 346 g/mol. The largest absolute Gasteiger partial charge is 0.310 e. The molecule has 0 spiro atoms. The number of rotatable bonds is 4. The van der Waals surface area contributed by atoms with Gasteiger partial charge in [-0.1, -0.05) is 12.1 Å². The Hall–Kier alpha value is -2.35. The summed E-state index contributed by atoms with van der Waals surface area (Å²) in [5.74, 6) is 0.582. The van der Waals surface area contributed by atoms with E-state index in [1.165, 1.54) is 0 Å². The highest BCUT2D eigenvalue weighted by Crippen LogP contribution is 2.27. The van der Waals surface area contributed by atoms with Crippen LogP contribution in [0.3, 0.4) is 0 Å². The molecule has 0 unspecified atom stereocenters. The summed E-state index contributed by atoms with van der Waals surface area (Å²) >= 11 is 1.61. The van der Waals surface area contributed by atoms with Crippen LogP contribution in [-0.4, -0.2) is 65.4 Å². The number of pyridine rings is 1. The van der Waals surface area contributed by atoms with Crippen molar-refractivity contribution >= 4 is 33.8 Å². The minimum absolute atomic E-state index is 0.0139. The van der Waals surface area contributed by atoms with E-state index < -0.39 is 0 Å². The van der Waals surface area contributed by atoms with Crippen molar-refractivity contribution in [2.75, 3.05) is 45.1 Å². The number of carbonyl (C=O) groups is 1. The Morgan fingerprint density at radius 1 is 1.15 bits per heavy atom. The van der Waals surface area contributed by atoms with E-state index in [1.807, 2.05) is 23.8 Å². The van der Waals surface area contributed by atoms with Gasteiger partial charge in [-0.3, -0.25) is 14.7 Å². The molecule has 0 atom stereocenters. The zero-order valence-electron chi connectivity index (χ0n) is 14.7. The summed E-state index contributed by atoms with van der Waals surface area (Å²) < 4.78 is 0. The lowest BCUT2D eigenvalue weighted by atomic mass is 10.1. The van der Waals surface area contributed by atoms with Crippen LogP contribution in [0.25, 0.3) is 21.2 Å². The number of nitrogens with zero attached hydrogens (tertiary/aromatic N) is 4. The number of benzene rings is 1. The summed E-state index contributed by atoms with van der Waals surface area (Å²) in [6.45, 7) is 4.26. The number of hydrogen-bond donors (Lipinski definition) is 1. The lowest BCUT2D eigenvalue weighted by molar-refractivity contribution is -0.117. The molecule has 3 aromatic rings. The van der Waals surface area contributed by atoms with E-state index in [-0.39, 0.29) is 5.91 Å². The molecule has 1 saturated heterocycles. The van der Waals surface area contributed by atoms with Gasteiger partial charge in [-0.2, -0.15) is 0 Å². The Kier molecular flexibility index (Phi) is 4.92. The monoisotopic (exact) mass is 367 g/mol. The summed E-state index contributed by atoms with van der Waals surface area (Å²) in [6.07, 6.45) is 3.67. The number of nitrogens with one attached hydrogen (secondary N) is 1. The van der Waals surface area contributed by atoms with E-state index in [0.717, 1.165) is 47.4 Å². The molecule has 7 heteroatoms. The highest BCUT2D eigenvalue weighted by atomic mass is 32.1. The average molecular weight is 367 g/mol. The van der Waals surface area contributed by atoms with Crippen molar-refractivity contribution in [2.45, 2.75) is 0 Å². The highest BCUT2D eigenvalue weighted by molar-refractivity contribution is 7.13. The number of hydrogen-bond acceptors (Lipinski definition) is 6. The fraction of sp³-hybridized carbons (Fsp3) is 0.316. The van der Waals surface area contributed by atoms with Gasteiger partial charge in [-0.15, -0.1) is 11.3 Å². The number of fused-ring (bicyclic) bond motifs is 1. The van der Waals surface area contributed by atoms with Crippen LogP contribution in [-0.2, 0) is 4.79 Å². The normalized spacial score (nSPS) is 16.0. The van der Waals surface area contributed by atoms with Crippen LogP contribution in [0.5, 0.6) is 0 Å². The second kappa shape index (κ2) is 7.49. The number of thiazole rings is 1. The first kappa shape index (κ1) is 17.1. The van der Waals surface area contributed by atoms with Crippen LogP contribution in [0.2, 0.25) is 0 Å².